The predicted molar refractivity (Wildman–Crippen MR) is 105 cm³/mol. The fourth-order valence-electron chi connectivity index (χ4n) is 4.64. The van der Waals surface area contributed by atoms with Crippen LogP contribution < -0.4 is 0 Å². The number of benzene rings is 1. The first-order chi connectivity index (χ1) is 13.9. The van der Waals surface area contributed by atoms with Crippen LogP contribution in [0, 0.1) is 18.8 Å². The smallest absolute Gasteiger partial charge is 0.329 e. The Kier molecular flexibility index (Phi) is 4.98. The van der Waals surface area contributed by atoms with Gasteiger partial charge in [0.2, 0.25) is 17.6 Å². The number of hydrogen-bond donors (Lipinski definition) is 1. The molecule has 2 heterocycles. The number of rotatable bonds is 5. The van der Waals surface area contributed by atoms with Crippen molar-refractivity contribution in [1.82, 2.24) is 9.88 Å². The van der Waals surface area contributed by atoms with Crippen molar-refractivity contribution in [1.29, 1.82) is 0 Å². The molecule has 0 radical (unpaired) electrons. The summed E-state index contributed by atoms with van der Waals surface area (Å²) in [5, 5.41) is 0.771. The normalized spacial score (nSPS) is 22.6. The maximum atomic E-state index is 12.7. The fourth-order valence-corrected chi connectivity index (χ4v) is 4.64. The Balaban J connectivity index is 1.44. The van der Waals surface area contributed by atoms with Crippen molar-refractivity contribution in [3.63, 3.8) is 0 Å². The maximum Gasteiger partial charge on any atom is 0.329 e. The van der Waals surface area contributed by atoms with Crippen molar-refractivity contribution in [3.05, 3.63) is 35.5 Å². The Morgan fingerprint density at radius 1 is 1.14 bits per heavy atom. The number of carbonyl (C=O) groups excluding carboxylic acids is 4. The fraction of sp³-hybridized carbons (Fsp3) is 0.455. The largest absolute Gasteiger partial charge is 0.456 e. The van der Waals surface area contributed by atoms with Crippen LogP contribution in [0.2, 0.25) is 0 Å². The van der Waals surface area contributed by atoms with Gasteiger partial charge in [-0.05, 0) is 32.8 Å². The summed E-state index contributed by atoms with van der Waals surface area (Å²) in [6.07, 6.45) is 3.22. The highest BCUT2D eigenvalue weighted by molar-refractivity contribution is 6.11. The van der Waals surface area contributed by atoms with Crippen LogP contribution in [-0.2, 0) is 19.1 Å². The van der Waals surface area contributed by atoms with Gasteiger partial charge in [0.1, 0.15) is 6.04 Å². The van der Waals surface area contributed by atoms with Gasteiger partial charge in [-0.2, -0.15) is 0 Å². The Labute approximate surface area is 168 Å². The number of imide groups is 1. The number of para-hydroxylation sites is 1. The van der Waals surface area contributed by atoms with Crippen LogP contribution in [0.1, 0.15) is 48.7 Å². The number of ether oxygens (including phenoxy) is 1. The summed E-state index contributed by atoms with van der Waals surface area (Å²) in [5.41, 5.74) is 2.03. The number of esters is 1. The lowest BCUT2D eigenvalue weighted by molar-refractivity contribution is -0.157. The molecule has 1 aromatic heterocycles. The van der Waals surface area contributed by atoms with Gasteiger partial charge in [0.05, 0.1) is 11.8 Å². The molecule has 1 saturated carbocycles. The number of hydrogen-bond acceptors (Lipinski definition) is 5. The van der Waals surface area contributed by atoms with E-state index in [0.717, 1.165) is 28.6 Å². The molecule has 2 fully saturated rings. The molecule has 2 aliphatic rings. The third-order valence-corrected chi connectivity index (χ3v) is 6.12. The highest BCUT2D eigenvalue weighted by Gasteiger charge is 2.51. The van der Waals surface area contributed by atoms with Crippen molar-refractivity contribution in [2.24, 2.45) is 11.8 Å². The Hall–Kier alpha value is -2.96. The number of fused-ring (bicyclic) bond motifs is 2. The van der Waals surface area contributed by atoms with E-state index in [1.807, 2.05) is 24.3 Å². The SMILES string of the molecule is Cc1[nH]c2ccccc2c1C(=O)COC(=O)[C@H](C)N1C(=O)[C@@H]2CCCC[C@H]2C1=O. The topological polar surface area (TPSA) is 96.5 Å². The molecule has 0 spiro atoms. The Bertz CT molecular complexity index is 984. The summed E-state index contributed by atoms with van der Waals surface area (Å²) < 4.78 is 5.21. The second kappa shape index (κ2) is 7.46. The zero-order chi connectivity index (χ0) is 20.7. The number of Topliss-reactive ketones (excluding diaryl/α,β-unsaturated/α-hetero) is 1. The molecule has 0 unspecified atom stereocenters. The minimum atomic E-state index is -1.03. The predicted octanol–water partition coefficient (Wildman–Crippen LogP) is 2.77. The van der Waals surface area contributed by atoms with E-state index < -0.39 is 18.6 Å². The van der Waals surface area contributed by atoms with Gasteiger partial charge < -0.3 is 9.72 Å². The molecule has 1 saturated heterocycles. The first kappa shape index (κ1) is 19.4. The van der Waals surface area contributed by atoms with Gasteiger partial charge >= 0.3 is 5.97 Å². The molecule has 7 nitrogen and oxygen atoms in total. The third kappa shape index (κ3) is 3.24. The zero-order valence-electron chi connectivity index (χ0n) is 16.6. The van der Waals surface area contributed by atoms with Crippen LogP contribution in [0.4, 0.5) is 0 Å². The van der Waals surface area contributed by atoms with Crippen LogP contribution in [0.15, 0.2) is 24.3 Å². The molecule has 4 rings (SSSR count). The van der Waals surface area contributed by atoms with E-state index in [-0.39, 0.29) is 29.4 Å². The standard InChI is InChI=1S/C22H24N2O5/c1-12-19(16-9-5-6-10-17(16)23-12)18(25)11-29-22(28)13(2)24-20(26)14-7-3-4-8-15(14)21(24)27/h5-6,9-10,13-15,23H,3-4,7-8,11H2,1-2H3/t13-,14+,15+/m0/s1. The molecule has 7 heteroatoms. The van der Waals surface area contributed by atoms with Gasteiger partial charge in [-0.25, -0.2) is 4.79 Å². The third-order valence-electron chi connectivity index (χ3n) is 6.12. The quantitative estimate of drug-likeness (QED) is 0.476. The van der Waals surface area contributed by atoms with Crippen molar-refractivity contribution in [3.8, 4) is 0 Å². The second-order valence-corrected chi connectivity index (χ2v) is 7.92. The summed E-state index contributed by atoms with van der Waals surface area (Å²) >= 11 is 0. The number of aryl methyl sites for hydroxylation is 1. The number of H-pyrrole nitrogens is 1. The van der Waals surface area contributed by atoms with Gasteiger partial charge in [-0.3, -0.25) is 19.3 Å². The summed E-state index contributed by atoms with van der Waals surface area (Å²) in [6.45, 7) is 2.84. The molecule has 1 aliphatic heterocycles. The van der Waals surface area contributed by atoms with Crippen molar-refractivity contribution >= 4 is 34.5 Å². The van der Waals surface area contributed by atoms with Gasteiger partial charge in [0.15, 0.2) is 6.61 Å². The highest BCUT2D eigenvalue weighted by Crippen LogP contribution is 2.39. The number of nitrogens with zero attached hydrogens (tertiary/aromatic N) is 1. The lowest BCUT2D eigenvalue weighted by Gasteiger charge is -2.21. The summed E-state index contributed by atoms with van der Waals surface area (Å²) in [4.78, 5) is 54.7. The van der Waals surface area contributed by atoms with E-state index in [9.17, 15) is 19.2 Å². The average Bonchev–Trinajstić information content (AvgIpc) is 3.19. The lowest BCUT2D eigenvalue weighted by Crippen LogP contribution is -2.44. The maximum absolute atomic E-state index is 12.7. The van der Waals surface area contributed by atoms with E-state index in [0.29, 0.717) is 24.1 Å². The molecule has 1 aromatic carbocycles. The summed E-state index contributed by atoms with van der Waals surface area (Å²) in [6, 6.07) is 6.38. The monoisotopic (exact) mass is 396 g/mol. The zero-order valence-corrected chi connectivity index (χ0v) is 16.6. The number of nitrogens with one attached hydrogen (secondary N) is 1. The van der Waals surface area contributed by atoms with Crippen LogP contribution >= 0.6 is 0 Å². The highest BCUT2D eigenvalue weighted by atomic mass is 16.5. The number of carbonyl (C=O) groups is 4. The summed E-state index contributed by atoms with van der Waals surface area (Å²) in [7, 11) is 0. The molecule has 0 bridgehead atoms. The van der Waals surface area contributed by atoms with Gasteiger partial charge in [0, 0.05) is 22.2 Å². The van der Waals surface area contributed by atoms with Gasteiger partial charge in [-0.1, -0.05) is 31.0 Å². The molecule has 29 heavy (non-hydrogen) atoms. The van der Waals surface area contributed by atoms with E-state index in [1.165, 1.54) is 6.92 Å². The molecular weight excluding hydrogens is 372 g/mol. The van der Waals surface area contributed by atoms with E-state index in [1.54, 1.807) is 6.92 Å². The average molecular weight is 396 g/mol. The lowest BCUT2D eigenvalue weighted by atomic mass is 9.81. The van der Waals surface area contributed by atoms with Crippen LogP contribution in [-0.4, -0.2) is 46.1 Å². The molecule has 1 N–H and O–H groups in total. The van der Waals surface area contributed by atoms with Crippen molar-refractivity contribution in [2.45, 2.75) is 45.6 Å². The number of aromatic nitrogens is 1. The minimum Gasteiger partial charge on any atom is -0.456 e. The van der Waals surface area contributed by atoms with Crippen molar-refractivity contribution < 1.29 is 23.9 Å². The number of aromatic amines is 1. The van der Waals surface area contributed by atoms with E-state index in [4.69, 9.17) is 4.74 Å². The van der Waals surface area contributed by atoms with Crippen LogP contribution in [0.3, 0.4) is 0 Å². The molecule has 2 amide bonds. The number of likely N-dealkylation sites (tertiary alicyclic amines) is 1. The number of ketones is 1. The molecule has 2 aromatic rings. The van der Waals surface area contributed by atoms with Gasteiger partial charge in [-0.15, -0.1) is 0 Å². The first-order valence-electron chi connectivity index (χ1n) is 10.0. The Morgan fingerprint density at radius 3 is 2.41 bits per heavy atom. The number of amides is 2. The first-order valence-corrected chi connectivity index (χ1v) is 10.0. The van der Waals surface area contributed by atoms with E-state index >= 15 is 0 Å². The summed E-state index contributed by atoms with van der Waals surface area (Å²) in [5.74, 6) is -2.28. The van der Waals surface area contributed by atoms with Crippen LogP contribution in [0.5, 0.6) is 0 Å². The molecule has 152 valence electrons. The van der Waals surface area contributed by atoms with Gasteiger partial charge in [0.25, 0.3) is 0 Å². The van der Waals surface area contributed by atoms with Crippen LogP contribution in [0.25, 0.3) is 10.9 Å². The molecule has 3 atom stereocenters. The second-order valence-electron chi connectivity index (χ2n) is 7.92. The van der Waals surface area contributed by atoms with E-state index in [2.05, 4.69) is 4.98 Å². The minimum absolute atomic E-state index is 0.289. The molecular formula is C22H24N2O5. The Morgan fingerprint density at radius 2 is 1.76 bits per heavy atom. The molecule has 1 aliphatic carbocycles. The van der Waals surface area contributed by atoms with Crippen molar-refractivity contribution in [2.75, 3.05) is 6.61 Å².